The van der Waals surface area contributed by atoms with E-state index in [4.69, 9.17) is 17.3 Å². The van der Waals surface area contributed by atoms with Crippen LogP contribution in [0.3, 0.4) is 0 Å². The number of hydrogen-bond donors (Lipinski definition) is 1. The van der Waals surface area contributed by atoms with E-state index in [9.17, 15) is 0 Å². The number of hydrogen-bond acceptors (Lipinski definition) is 4. The van der Waals surface area contributed by atoms with Crippen LogP contribution in [0.4, 0.5) is 16.5 Å². The van der Waals surface area contributed by atoms with Crippen molar-refractivity contribution in [3.63, 3.8) is 0 Å². The van der Waals surface area contributed by atoms with Gasteiger partial charge in [0.2, 0.25) is 0 Å². The van der Waals surface area contributed by atoms with Crippen LogP contribution in [0.25, 0.3) is 0 Å². The molecule has 0 saturated heterocycles. The Morgan fingerprint density at radius 3 is 2.65 bits per heavy atom. The van der Waals surface area contributed by atoms with Gasteiger partial charge in [-0.15, -0.1) is 11.3 Å². The zero-order chi connectivity index (χ0) is 12.6. The molecule has 0 radical (unpaired) electrons. The molecule has 0 aliphatic rings. The van der Waals surface area contributed by atoms with E-state index in [1.54, 1.807) is 23.5 Å². The van der Waals surface area contributed by atoms with Crippen molar-refractivity contribution in [2.24, 2.45) is 0 Å². The van der Waals surface area contributed by atoms with Crippen LogP contribution >= 0.6 is 22.9 Å². The van der Waals surface area contributed by atoms with Crippen molar-refractivity contribution < 1.29 is 0 Å². The van der Waals surface area contributed by atoms with Gasteiger partial charge < -0.3 is 10.6 Å². The highest BCUT2D eigenvalue weighted by atomic mass is 35.5. The van der Waals surface area contributed by atoms with Crippen molar-refractivity contribution in [2.45, 2.75) is 13.8 Å². The minimum Gasteiger partial charge on any atom is -0.399 e. The van der Waals surface area contributed by atoms with E-state index < -0.39 is 0 Å². The normalized spacial score (nSPS) is 10.6. The first-order chi connectivity index (χ1) is 7.99. The van der Waals surface area contributed by atoms with Gasteiger partial charge in [-0.3, -0.25) is 0 Å². The Balaban J connectivity index is 2.42. The lowest BCUT2D eigenvalue weighted by Gasteiger charge is -2.17. The van der Waals surface area contributed by atoms with Crippen LogP contribution in [-0.2, 0) is 0 Å². The lowest BCUT2D eigenvalue weighted by Crippen LogP contribution is -2.10. The smallest absolute Gasteiger partial charge is 0.190 e. The highest BCUT2D eigenvalue weighted by molar-refractivity contribution is 7.15. The van der Waals surface area contributed by atoms with E-state index in [1.807, 2.05) is 24.9 Å². The van der Waals surface area contributed by atoms with Crippen molar-refractivity contribution in [2.75, 3.05) is 17.7 Å². The molecule has 0 amide bonds. The van der Waals surface area contributed by atoms with Crippen molar-refractivity contribution in [3.8, 4) is 0 Å². The molecular formula is C12H14ClN3S. The minimum absolute atomic E-state index is 0.673. The molecule has 5 heteroatoms. The largest absolute Gasteiger partial charge is 0.399 e. The topological polar surface area (TPSA) is 42.2 Å². The van der Waals surface area contributed by atoms with Gasteiger partial charge in [-0.05, 0) is 32.0 Å². The standard InChI is InChI=1S/C12H14ClN3S/c1-7-8(2)17-12(15-7)16(3)11-6-9(14)4-5-10(11)13/h4-6H,14H2,1-3H3. The average Bonchev–Trinajstić information content (AvgIpc) is 2.62. The molecule has 17 heavy (non-hydrogen) atoms. The zero-order valence-electron chi connectivity index (χ0n) is 9.99. The molecule has 1 aromatic carbocycles. The fraction of sp³-hybridized carbons (Fsp3) is 0.250. The Hall–Kier alpha value is -1.26. The van der Waals surface area contributed by atoms with Crippen molar-refractivity contribution in [3.05, 3.63) is 33.8 Å². The van der Waals surface area contributed by atoms with Gasteiger partial charge in [0, 0.05) is 17.6 Å². The van der Waals surface area contributed by atoms with E-state index in [0.717, 1.165) is 16.5 Å². The van der Waals surface area contributed by atoms with Gasteiger partial charge in [0.15, 0.2) is 5.13 Å². The number of aromatic nitrogens is 1. The fourth-order valence-corrected chi connectivity index (χ4v) is 2.62. The summed E-state index contributed by atoms with van der Waals surface area (Å²) in [6, 6.07) is 5.45. The second kappa shape index (κ2) is 4.55. The first-order valence-corrected chi connectivity index (χ1v) is 6.41. The molecule has 0 bridgehead atoms. The predicted molar refractivity (Wildman–Crippen MR) is 75.5 cm³/mol. The number of nitrogens with two attached hydrogens (primary N) is 1. The van der Waals surface area contributed by atoms with Crippen LogP contribution in [0.2, 0.25) is 5.02 Å². The molecule has 0 unspecified atom stereocenters. The zero-order valence-corrected chi connectivity index (χ0v) is 11.6. The summed E-state index contributed by atoms with van der Waals surface area (Å²) in [5.41, 5.74) is 8.40. The van der Waals surface area contributed by atoms with Gasteiger partial charge >= 0.3 is 0 Å². The lowest BCUT2D eigenvalue weighted by molar-refractivity contribution is 1.13. The molecule has 0 spiro atoms. The van der Waals surface area contributed by atoms with E-state index in [2.05, 4.69) is 11.9 Å². The summed E-state index contributed by atoms with van der Waals surface area (Å²) in [5.74, 6) is 0. The quantitative estimate of drug-likeness (QED) is 0.843. The summed E-state index contributed by atoms with van der Waals surface area (Å²) in [6.07, 6.45) is 0. The van der Waals surface area contributed by atoms with Crippen LogP contribution in [0.1, 0.15) is 10.6 Å². The molecule has 2 rings (SSSR count). The Morgan fingerprint density at radius 2 is 2.06 bits per heavy atom. The Morgan fingerprint density at radius 1 is 1.35 bits per heavy atom. The Kier molecular flexibility index (Phi) is 3.26. The third-order valence-electron chi connectivity index (χ3n) is 2.64. The molecule has 90 valence electrons. The fourth-order valence-electron chi connectivity index (χ4n) is 1.49. The molecule has 0 atom stereocenters. The molecule has 3 nitrogen and oxygen atoms in total. The Bertz CT molecular complexity index is 531. The highest BCUT2D eigenvalue weighted by Crippen LogP contribution is 2.34. The monoisotopic (exact) mass is 267 g/mol. The average molecular weight is 268 g/mol. The van der Waals surface area contributed by atoms with Crippen LogP contribution < -0.4 is 10.6 Å². The van der Waals surface area contributed by atoms with Gasteiger partial charge in [0.25, 0.3) is 0 Å². The summed E-state index contributed by atoms with van der Waals surface area (Å²) < 4.78 is 0. The number of benzene rings is 1. The van der Waals surface area contributed by atoms with Crippen molar-refractivity contribution in [1.82, 2.24) is 4.98 Å². The van der Waals surface area contributed by atoms with Gasteiger partial charge in [-0.2, -0.15) is 0 Å². The molecule has 0 saturated carbocycles. The molecule has 2 N–H and O–H groups in total. The molecule has 2 aromatic rings. The second-order valence-corrected chi connectivity index (χ2v) is 5.50. The van der Waals surface area contributed by atoms with E-state index >= 15 is 0 Å². The van der Waals surface area contributed by atoms with Crippen molar-refractivity contribution in [1.29, 1.82) is 0 Å². The first-order valence-electron chi connectivity index (χ1n) is 5.22. The minimum atomic E-state index is 0.673. The van der Waals surface area contributed by atoms with E-state index in [-0.39, 0.29) is 0 Å². The second-order valence-electron chi connectivity index (χ2n) is 3.91. The number of aryl methyl sites for hydroxylation is 2. The van der Waals surface area contributed by atoms with Crippen LogP contribution in [-0.4, -0.2) is 12.0 Å². The summed E-state index contributed by atoms with van der Waals surface area (Å²) in [7, 11) is 1.94. The third-order valence-corrected chi connectivity index (χ3v) is 4.10. The van der Waals surface area contributed by atoms with Gasteiger partial charge in [0.1, 0.15) is 0 Å². The maximum atomic E-state index is 6.17. The highest BCUT2D eigenvalue weighted by Gasteiger charge is 2.13. The molecule has 1 aromatic heterocycles. The summed E-state index contributed by atoms with van der Waals surface area (Å²) in [6.45, 7) is 4.06. The summed E-state index contributed by atoms with van der Waals surface area (Å²) in [5, 5.41) is 1.60. The molecule has 0 aliphatic heterocycles. The first kappa shape index (κ1) is 12.2. The summed E-state index contributed by atoms with van der Waals surface area (Å²) in [4.78, 5) is 7.68. The van der Waals surface area contributed by atoms with Gasteiger partial charge in [0.05, 0.1) is 16.4 Å². The predicted octanol–water partition coefficient (Wildman–Crippen LogP) is 3.76. The maximum absolute atomic E-state index is 6.17. The van der Waals surface area contributed by atoms with Crippen molar-refractivity contribution >= 4 is 39.4 Å². The van der Waals surface area contributed by atoms with Crippen LogP contribution in [0, 0.1) is 13.8 Å². The number of halogens is 1. The Labute approximate surface area is 110 Å². The molecule has 1 heterocycles. The van der Waals surface area contributed by atoms with Crippen LogP contribution in [0.15, 0.2) is 18.2 Å². The van der Waals surface area contributed by atoms with E-state index in [1.165, 1.54) is 4.88 Å². The van der Waals surface area contributed by atoms with Gasteiger partial charge in [-0.25, -0.2) is 4.98 Å². The SMILES string of the molecule is Cc1nc(N(C)c2cc(N)ccc2Cl)sc1C. The maximum Gasteiger partial charge on any atom is 0.190 e. The number of anilines is 3. The molecule has 0 aliphatic carbocycles. The number of thiazole rings is 1. The lowest BCUT2D eigenvalue weighted by atomic mass is 10.2. The summed E-state index contributed by atoms with van der Waals surface area (Å²) >= 11 is 7.81. The number of rotatable bonds is 2. The van der Waals surface area contributed by atoms with E-state index in [0.29, 0.717) is 10.7 Å². The van der Waals surface area contributed by atoms with Gasteiger partial charge in [-0.1, -0.05) is 11.6 Å². The number of nitrogens with zero attached hydrogens (tertiary/aromatic N) is 2. The molecule has 0 fully saturated rings. The molecular weight excluding hydrogens is 254 g/mol. The van der Waals surface area contributed by atoms with Crippen LogP contribution in [0.5, 0.6) is 0 Å². The number of nitrogen functional groups attached to an aromatic ring is 1. The third kappa shape index (κ3) is 2.37.